The molecule has 5 heteroatoms. The number of fused-ring (bicyclic) bond motifs is 4. The fraction of sp³-hybridized carbons (Fsp3) is 0.684. The minimum Gasteiger partial charge on any atom is -0.380 e. The number of likely N-dealkylation sites (N-methyl/N-ethyl adjacent to an activating group) is 2. The molecule has 7 rings (SSSR count). The first-order chi connectivity index (χ1) is 20.5. The van der Waals surface area contributed by atoms with Crippen LogP contribution in [0.3, 0.4) is 0 Å². The number of aryl methyl sites for hydroxylation is 4. The quantitative estimate of drug-likeness (QED) is 0.356. The van der Waals surface area contributed by atoms with Crippen molar-refractivity contribution in [2.24, 2.45) is 0 Å². The molecular weight excluding hydrogens is 526 g/mol. The van der Waals surface area contributed by atoms with Crippen LogP contribution in [0.4, 0.5) is 5.69 Å². The maximum Gasteiger partial charge on any atom is 0.0458 e. The molecular formula is C38H63N5. The molecule has 0 bridgehead atoms. The maximum atomic E-state index is 3.69. The van der Waals surface area contributed by atoms with Crippen LogP contribution in [-0.2, 0) is 13.0 Å². The van der Waals surface area contributed by atoms with Gasteiger partial charge >= 0.3 is 0 Å². The van der Waals surface area contributed by atoms with Crippen LogP contribution in [0.2, 0.25) is 0 Å². The predicted octanol–water partition coefficient (Wildman–Crippen LogP) is 7.01. The zero-order chi connectivity index (χ0) is 31.1. The van der Waals surface area contributed by atoms with E-state index in [1.165, 1.54) is 118 Å². The molecule has 240 valence electrons. The third kappa shape index (κ3) is 9.53. The average Bonchev–Trinajstić information content (AvgIpc) is 3.51. The highest BCUT2D eigenvalue weighted by Crippen LogP contribution is 2.41. The number of benzene rings is 2. The molecule has 2 aromatic carbocycles. The van der Waals surface area contributed by atoms with E-state index in [-0.39, 0.29) is 0 Å². The average molecular weight is 590 g/mol. The Kier molecular flexibility index (Phi) is 12.5. The van der Waals surface area contributed by atoms with Crippen molar-refractivity contribution in [1.29, 1.82) is 0 Å². The number of hydrogen-bond acceptors (Lipinski definition) is 5. The van der Waals surface area contributed by atoms with Gasteiger partial charge in [0.15, 0.2) is 0 Å². The molecule has 3 atom stereocenters. The Morgan fingerprint density at radius 1 is 0.628 bits per heavy atom. The van der Waals surface area contributed by atoms with Gasteiger partial charge in [-0.1, -0.05) is 24.6 Å². The van der Waals surface area contributed by atoms with Crippen LogP contribution >= 0.6 is 0 Å². The molecule has 5 nitrogen and oxygen atoms in total. The molecule has 1 N–H and O–H groups in total. The third-order valence-corrected chi connectivity index (χ3v) is 10.7. The molecule has 0 aromatic heterocycles. The highest BCUT2D eigenvalue weighted by Gasteiger charge is 2.35. The Labute approximate surface area is 265 Å². The van der Waals surface area contributed by atoms with E-state index in [1.807, 2.05) is 0 Å². The topological polar surface area (TPSA) is 25.0 Å². The summed E-state index contributed by atoms with van der Waals surface area (Å²) < 4.78 is 0. The first kappa shape index (κ1) is 34.0. The van der Waals surface area contributed by atoms with Gasteiger partial charge in [-0.15, -0.1) is 0 Å². The van der Waals surface area contributed by atoms with Crippen molar-refractivity contribution in [1.82, 2.24) is 19.6 Å². The zero-order valence-electron chi connectivity index (χ0n) is 29.2. The number of anilines is 1. The number of rotatable bonds is 0. The normalized spacial score (nSPS) is 25.5. The number of piperidine rings is 2. The van der Waals surface area contributed by atoms with Crippen molar-refractivity contribution in [2.45, 2.75) is 104 Å². The second kappa shape index (κ2) is 15.9. The van der Waals surface area contributed by atoms with Crippen molar-refractivity contribution in [3.05, 3.63) is 63.2 Å². The van der Waals surface area contributed by atoms with Crippen LogP contribution in [0.5, 0.6) is 0 Å². The number of likely N-dealkylation sites (tertiary alicyclic amines) is 3. The van der Waals surface area contributed by atoms with Crippen molar-refractivity contribution < 1.29 is 0 Å². The predicted molar refractivity (Wildman–Crippen MR) is 187 cm³/mol. The molecule has 5 aliphatic heterocycles. The van der Waals surface area contributed by atoms with Crippen LogP contribution in [-0.4, -0.2) is 99.1 Å². The van der Waals surface area contributed by atoms with Gasteiger partial charge in [-0.25, -0.2) is 0 Å². The van der Waals surface area contributed by atoms with Gasteiger partial charge in [0.1, 0.15) is 0 Å². The molecule has 3 saturated heterocycles. The summed E-state index contributed by atoms with van der Waals surface area (Å²) in [5.41, 5.74) is 11.7. The van der Waals surface area contributed by atoms with Crippen LogP contribution < -0.4 is 5.32 Å². The Hall–Kier alpha value is -1.92. The van der Waals surface area contributed by atoms with E-state index in [1.54, 1.807) is 11.1 Å². The SMILES string of the molecule is CC1CCCN1C.CN1CCCCC1.Cc1cc2c(cc1C)C1CCN(C)CC1N2.Cc1cc2c(cc1C)CN(C)CC2. The summed E-state index contributed by atoms with van der Waals surface area (Å²) in [5.74, 6) is 0.741. The Morgan fingerprint density at radius 3 is 1.86 bits per heavy atom. The second-order valence-corrected chi connectivity index (χ2v) is 14.5. The van der Waals surface area contributed by atoms with Crippen molar-refractivity contribution in [2.75, 3.05) is 72.8 Å². The van der Waals surface area contributed by atoms with Gasteiger partial charge in [0.25, 0.3) is 0 Å². The van der Waals surface area contributed by atoms with E-state index in [4.69, 9.17) is 0 Å². The van der Waals surface area contributed by atoms with Gasteiger partial charge < -0.3 is 24.9 Å². The lowest BCUT2D eigenvalue weighted by Gasteiger charge is -2.32. The highest BCUT2D eigenvalue weighted by atomic mass is 15.2. The largest absolute Gasteiger partial charge is 0.380 e. The fourth-order valence-corrected chi connectivity index (χ4v) is 7.23. The highest BCUT2D eigenvalue weighted by molar-refractivity contribution is 5.62. The number of nitrogens with zero attached hydrogens (tertiary/aromatic N) is 4. The zero-order valence-corrected chi connectivity index (χ0v) is 29.2. The Bertz CT molecular complexity index is 1160. The Morgan fingerprint density at radius 2 is 1.28 bits per heavy atom. The molecule has 0 radical (unpaired) electrons. The second-order valence-electron chi connectivity index (χ2n) is 14.5. The third-order valence-electron chi connectivity index (χ3n) is 10.7. The lowest BCUT2D eigenvalue weighted by atomic mass is 9.87. The summed E-state index contributed by atoms with van der Waals surface area (Å²) in [5, 5.41) is 3.69. The fourth-order valence-electron chi connectivity index (χ4n) is 7.23. The molecule has 0 spiro atoms. The summed E-state index contributed by atoms with van der Waals surface area (Å²) in [6.07, 6.45) is 9.59. The molecule has 5 aliphatic rings. The first-order valence-electron chi connectivity index (χ1n) is 17.2. The summed E-state index contributed by atoms with van der Waals surface area (Å²) in [6.45, 7) is 19.8. The molecule has 3 fully saturated rings. The summed E-state index contributed by atoms with van der Waals surface area (Å²) in [7, 11) is 8.80. The van der Waals surface area contributed by atoms with Gasteiger partial charge in [-0.3, -0.25) is 0 Å². The van der Waals surface area contributed by atoms with Gasteiger partial charge in [0, 0.05) is 43.3 Å². The minimum absolute atomic E-state index is 0.634. The lowest BCUT2D eigenvalue weighted by Crippen LogP contribution is -2.41. The van der Waals surface area contributed by atoms with E-state index in [2.05, 4.69) is 112 Å². The van der Waals surface area contributed by atoms with Crippen LogP contribution in [0.1, 0.15) is 90.3 Å². The van der Waals surface area contributed by atoms with Gasteiger partial charge in [-0.05, 0) is 173 Å². The van der Waals surface area contributed by atoms with Gasteiger partial charge in [0.2, 0.25) is 0 Å². The first-order valence-corrected chi connectivity index (χ1v) is 17.2. The van der Waals surface area contributed by atoms with Crippen LogP contribution in [0, 0.1) is 27.7 Å². The van der Waals surface area contributed by atoms with Crippen LogP contribution in [0.25, 0.3) is 0 Å². The van der Waals surface area contributed by atoms with E-state index in [0.717, 1.165) is 18.5 Å². The molecule has 0 saturated carbocycles. The summed E-state index contributed by atoms with van der Waals surface area (Å²) in [4.78, 5) is 9.61. The smallest absolute Gasteiger partial charge is 0.0458 e. The Balaban J connectivity index is 0.000000140. The summed E-state index contributed by atoms with van der Waals surface area (Å²) in [6, 6.07) is 10.9. The maximum absolute atomic E-state index is 3.69. The minimum atomic E-state index is 0.634. The molecule has 5 heterocycles. The molecule has 2 aromatic rings. The molecule has 0 aliphatic carbocycles. The van der Waals surface area contributed by atoms with E-state index < -0.39 is 0 Å². The van der Waals surface area contributed by atoms with E-state index >= 15 is 0 Å². The number of nitrogens with one attached hydrogen (secondary N) is 1. The molecule has 3 unspecified atom stereocenters. The van der Waals surface area contributed by atoms with E-state index in [9.17, 15) is 0 Å². The summed E-state index contributed by atoms with van der Waals surface area (Å²) >= 11 is 0. The monoisotopic (exact) mass is 590 g/mol. The number of hydrogen-bond donors (Lipinski definition) is 1. The molecule has 43 heavy (non-hydrogen) atoms. The van der Waals surface area contributed by atoms with Gasteiger partial charge in [0.05, 0.1) is 0 Å². The van der Waals surface area contributed by atoms with Crippen molar-refractivity contribution in [3.8, 4) is 0 Å². The molecule has 0 amide bonds. The lowest BCUT2D eigenvalue weighted by molar-refractivity contribution is 0.245. The van der Waals surface area contributed by atoms with Gasteiger partial charge in [-0.2, -0.15) is 0 Å². The van der Waals surface area contributed by atoms with Crippen molar-refractivity contribution in [3.63, 3.8) is 0 Å². The standard InChI is InChI=1S/C14H20N2.C12H17N.2C6H13N/c1-9-6-12-11-4-5-16(3)8-14(11)15-13(12)7-10(9)2;1-9-6-11-4-5-13(3)8-12(11)7-10(9)2;1-6-4-3-5-7(6)2;1-7-5-3-2-4-6-7/h6-7,11,14-15H,4-5,8H2,1-3H3;6-7H,4-5,8H2,1-3H3;6H,3-5H2,1-2H3;2-6H2,1H3. The van der Waals surface area contributed by atoms with Crippen LogP contribution in [0.15, 0.2) is 24.3 Å². The van der Waals surface area contributed by atoms with E-state index in [0.29, 0.717) is 6.04 Å². The van der Waals surface area contributed by atoms with Crippen molar-refractivity contribution >= 4 is 5.69 Å².